The fraction of sp³-hybridized carbons (Fsp3) is 0.308. The highest BCUT2D eigenvalue weighted by molar-refractivity contribution is 5.78. The van der Waals surface area contributed by atoms with Crippen LogP contribution in [0.25, 0.3) is 10.9 Å². The third-order valence-corrected chi connectivity index (χ3v) is 3.06. The quantitative estimate of drug-likeness (QED) is 0.773. The zero-order valence-corrected chi connectivity index (χ0v) is 9.40. The van der Waals surface area contributed by atoms with Gasteiger partial charge in [0.15, 0.2) is 0 Å². The summed E-state index contributed by atoms with van der Waals surface area (Å²) < 4.78 is 5.61. The lowest BCUT2D eigenvalue weighted by atomic mass is 10.1. The van der Waals surface area contributed by atoms with Crippen molar-refractivity contribution in [2.24, 2.45) is 0 Å². The van der Waals surface area contributed by atoms with Crippen molar-refractivity contribution in [2.75, 3.05) is 19.7 Å². The molecule has 3 rings (SSSR count). The van der Waals surface area contributed by atoms with E-state index in [0.717, 1.165) is 17.4 Å². The van der Waals surface area contributed by atoms with Crippen LogP contribution >= 0.6 is 0 Å². The van der Waals surface area contributed by atoms with E-state index in [1.54, 1.807) is 0 Å². The Morgan fingerprint density at radius 1 is 1.29 bits per heavy atom. The van der Waals surface area contributed by atoms with E-state index in [2.05, 4.69) is 10.3 Å². The van der Waals surface area contributed by atoms with Crippen molar-refractivity contribution in [1.82, 2.24) is 10.3 Å². The second-order valence-corrected chi connectivity index (χ2v) is 4.20. The molecule has 0 radical (unpaired) electrons. The summed E-state index contributed by atoms with van der Waals surface area (Å²) in [4.78, 5) is 14.9. The van der Waals surface area contributed by atoms with Gasteiger partial charge >= 0.3 is 0 Å². The smallest absolute Gasteiger partial charge is 0.254 e. The molecule has 2 heterocycles. The van der Waals surface area contributed by atoms with Crippen molar-refractivity contribution in [2.45, 2.75) is 6.10 Å². The summed E-state index contributed by atoms with van der Waals surface area (Å²) in [6.45, 7) is 2.19. The van der Waals surface area contributed by atoms with Gasteiger partial charge < -0.3 is 15.0 Å². The Balaban J connectivity index is 2.09. The summed E-state index contributed by atoms with van der Waals surface area (Å²) in [5.41, 5.74) is 1.51. The fourth-order valence-electron chi connectivity index (χ4n) is 2.17. The third-order valence-electron chi connectivity index (χ3n) is 3.06. The highest BCUT2D eigenvalue weighted by Gasteiger charge is 2.18. The van der Waals surface area contributed by atoms with E-state index in [-0.39, 0.29) is 11.7 Å². The van der Waals surface area contributed by atoms with Gasteiger partial charge in [-0.2, -0.15) is 0 Å². The zero-order chi connectivity index (χ0) is 11.7. The molecular weight excluding hydrogens is 216 g/mol. The van der Waals surface area contributed by atoms with Gasteiger partial charge in [0.2, 0.25) is 0 Å². The van der Waals surface area contributed by atoms with Gasteiger partial charge in [-0.15, -0.1) is 0 Å². The molecule has 0 saturated carbocycles. The van der Waals surface area contributed by atoms with E-state index >= 15 is 0 Å². The van der Waals surface area contributed by atoms with Crippen LogP contribution in [-0.4, -0.2) is 24.7 Å². The van der Waals surface area contributed by atoms with Crippen molar-refractivity contribution < 1.29 is 4.74 Å². The number of rotatable bonds is 1. The molecule has 1 atom stereocenters. The molecule has 1 aromatic carbocycles. The summed E-state index contributed by atoms with van der Waals surface area (Å²) in [5, 5.41) is 4.27. The molecule has 2 N–H and O–H groups in total. The van der Waals surface area contributed by atoms with Gasteiger partial charge in [0.05, 0.1) is 6.61 Å². The van der Waals surface area contributed by atoms with E-state index in [0.29, 0.717) is 18.7 Å². The average Bonchev–Trinajstić information content (AvgIpc) is 2.39. The SMILES string of the molecule is O=c1[nH]c2ccccc2cc1C1CNCCO1. The van der Waals surface area contributed by atoms with Crippen molar-refractivity contribution in [3.05, 3.63) is 46.2 Å². The van der Waals surface area contributed by atoms with Crippen LogP contribution in [0.1, 0.15) is 11.7 Å². The van der Waals surface area contributed by atoms with Crippen molar-refractivity contribution in [3.8, 4) is 0 Å². The lowest BCUT2D eigenvalue weighted by molar-refractivity contribution is 0.0269. The van der Waals surface area contributed by atoms with E-state index in [9.17, 15) is 4.79 Å². The Morgan fingerprint density at radius 2 is 2.18 bits per heavy atom. The number of hydrogen-bond acceptors (Lipinski definition) is 3. The molecule has 17 heavy (non-hydrogen) atoms. The number of H-pyrrole nitrogens is 1. The molecule has 1 aromatic heterocycles. The normalized spacial score (nSPS) is 20.6. The molecule has 88 valence electrons. The number of para-hydroxylation sites is 1. The predicted octanol–water partition coefficient (Wildman–Crippen LogP) is 1.19. The van der Waals surface area contributed by atoms with Crippen molar-refractivity contribution in [3.63, 3.8) is 0 Å². The standard InChI is InChI=1S/C13H14N2O2/c16-13-10(12-8-14-5-6-17-12)7-9-3-1-2-4-11(9)15-13/h1-4,7,12,14H,5-6,8H2,(H,15,16). The van der Waals surface area contributed by atoms with E-state index in [1.807, 2.05) is 30.3 Å². The van der Waals surface area contributed by atoms with Gasteiger partial charge in [-0.25, -0.2) is 0 Å². The van der Waals surface area contributed by atoms with Crippen LogP contribution in [0.3, 0.4) is 0 Å². The molecule has 1 fully saturated rings. The van der Waals surface area contributed by atoms with Gasteiger partial charge in [0, 0.05) is 24.2 Å². The molecule has 1 aliphatic rings. The molecule has 1 saturated heterocycles. The number of pyridine rings is 1. The van der Waals surface area contributed by atoms with Crippen LogP contribution in [0.2, 0.25) is 0 Å². The Bertz CT molecular complexity index is 585. The van der Waals surface area contributed by atoms with Gasteiger partial charge in [0.25, 0.3) is 5.56 Å². The molecule has 4 heteroatoms. The van der Waals surface area contributed by atoms with Gasteiger partial charge in [-0.1, -0.05) is 18.2 Å². The first-order valence-electron chi connectivity index (χ1n) is 5.79. The Labute approximate surface area is 98.6 Å². The second kappa shape index (κ2) is 4.31. The molecule has 1 aliphatic heterocycles. The third kappa shape index (κ3) is 1.97. The van der Waals surface area contributed by atoms with E-state index < -0.39 is 0 Å². The minimum atomic E-state index is -0.142. The molecule has 1 unspecified atom stereocenters. The molecular formula is C13H14N2O2. The largest absolute Gasteiger partial charge is 0.371 e. The summed E-state index contributed by atoms with van der Waals surface area (Å²) >= 11 is 0. The average molecular weight is 230 g/mol. The fourth-order valence-corrected chi connectivity index (χ4v) is 2.17. The maximum Gasteiger partial charge on any atom is 0.254 e. The molecule has 0 aliphatic carbocycles. The van der Waals surface area contributed by atoms with Crippen molar-refractivity contribution in [1.29, 1.82) is 0 Å². The molecule has 2 aromatic rings. The molecule has 0 bridgehead atoms. The zero-order valence-electron chi connectivity index (χ0n) is 9.40. The minimum Gasteiger partial charge on any atom is -0.371 e. The highest BCUT2D eigenvalue weighted by Crippen LogP contribution is 2.18. The first-order valence-corrected chi connectivity index (χ1v) is 5.79. The second-order valence-electron chi connectivity index (χ2n) is 4.20. The number of morpholine rings is 1. The molecule has 4 nitrogen and oxygen atoms in total. The summed E-state index contributed by atoms with van der Waals surface area (Å²) in [5.74, 6) is 0. The highest BCUT2D eigenvalue weighted by atomic mass is 16.5. The first kappa shape index (κ1) is 10.5. The Hall–Kier alpha value is -1.65. The number of ether oxygens (including phenoxy) is 1. The maximum atomic E-state index is 12.0. The number of hydrogen-bond donors (Lipinski definition) is 2. The lowest BCUT2D eigenvalue weighted by Gasteiger charge is -2.23. The monoisotopic (exact) mass is 230 g/mol. The van der Waals surface area contributed by atoms with Gasteiger partial charge in [-0.3, -0.25) is 4.79 Å². The Morgan fingerprint density at radius 3 is 3.00 bits per heavy atom. The van der Waals surface area contributed by atoms with Crippen LogP contribution in [0.15, 0.2) is 35.1 Å². The van der Waals surface area contributed by atoms with Gasteiger partial charge in [-0.05, 0) is 17.5 Å². The van der Waals surface area contributed by atoms with Crippen molar-refractivity contribution >= 4 is 10.9 Å². The molecule has 0 amide bonds. The Kier molecular flexibility index (Phi) is 2.66. The minimum absolute atomic E-state index is 0.0580. The summed E-state index contributed by atoms with van der Waals surface area (Å²) in [7, 11) is 0. The number of aromatic amines is 1. The van der Waals surface area contributed by atoms with Crippen LogP contribution in [0.4, 0.5) is 0 Å². The summed E-state index contributed by atoms with van der Waals surface area (Å²) in [6.07, 6.45) is -0.142. The van der Waals surface area contributed by atoms with Crippen LogP contribution in [0, 0.1) is 0 Å². The topological polar surface area (TPSA) is 54.1 Å². The van der Waals surface area contributed by atoms with E-state index in [1.165, 1.54) is 0 Å². The number of nitrogens with one attached hydrogen (secondary N) is 2. The number of fused-ring (bicyclic) bond motifs is 1. The van der Waals surface area contributed by atoms with Gasteiger partial charge in [0.1, 0.15) is 6.10 Å². The predicted molar refractivity (Wildman–Crippen MR) is 66.1 cm³/mol. The van der Waals surface area contributed by atoms with E-state index in [4.69, 9.17) is 4.74 Å². The lowest BCUT2D eigenvalue weighted by Crippen LogP contribution is -2.35. The van der Waals surface area contributed by atoms with Crippen LogP contribution in [-0.2, 0) is 4.74 Å². The maximum absolute atomic E-state index is 12.0. The van der Waals surface area contributed by atoms with Crippen LogP contribution in [0.5, 0.6) is 0 Å². The molecule has 0 spiro atoms. The number of benzene rings is 1. The first-order chi connectivity index (χ1) is 8.34. The number of aromatic nitrogens is 1. The van der Waals surface area contributed by atoms with Crippen LogP contribution < -0.4 is 10.9 Å². The summed E-state index contributed by atoms with van der Waals surface area (Å²) in [6, 6.07) is 9.69.